The number of anilines is 1. The topological polar surface area (TPSA) is 106 Å². The Morgan fingerprint density at radius 2 is 1.88 bits per heavy atom. The standard InChI is InChI=1S/C26H26FN5O2/c27-20-3-1-16(2-4-20)11-19-15-31-25-23(19)12-18(14-30-25)17-9-10-29-24(13-17)32-21-5-7-22(8-6-21)34-26(28)33/h1-4,9-10,12-15,21-22H,5-8,11H2,(H2,28,33)(H,29,32)(H,30,31)/t21-,22-. The highest BCUT2D eigenvalue weighted by Gasteiger charge is 2.23. The number of halogens is 1. The first-order valence-electron chi connectivity index (χ1n) is 11.4. The van der Waals surface area contributed by atoms with Gasteiger partial charge in [0, 0.05) is 35.6 Å². The summed E-state index contributed by atoms with van der Waals surface area (Å²) in [6.07, 6.45) is 8.82. The lowest BCUT2D eigenvalue weighted by Gasteiger charge is -2.28. The largest absolute Gasteiger partial charge is 0.446 e. The van der Waals surface area contributed by atoms with Gasteiger partial charge in [0.05, 0.1) is 0 Å². The molecule has 5 rings (SSSR count). The maximum atomic E-state index is 13.3. The second-order valence-electron chi connectivity index (χ2n) is 8.72. The minimum Gasteiger partial charge on any atom is -0.446 e. The third kappa shape index (κ3) is 5.01. The van der Waals surface area contributed by atoms with Crippen LogP contribution in [0.1, 0.15) is 36.8 Å². The summed E-state index contributed by atoms with van der Waals surface area (Å²) in [4.78, 5) is 23.3. The Morgan fingerprint density at radius 1 is 1.09 bits per heavy atom. The Morgan fingerprint density at radius 3 is 2.65 bits per heavy atom. The molecule has 4 aromatic rings. The highest BCUT2D eigenvalue weighted by Crippen LogP contribution is 2.28. The summed E-state index contributed by atoms with van der Waals surface area (Å²) in [5, 5.41) is 4.55. The van der Waals surface area contributed by atoms with Gasteiger partial charge < -0.3 is 20.8 Å². The van der Waals surface area contributed by atoms with Crippen LogP contribution in [0.2, 0.25) is 0 Å². The van der Waals surface area contributed by atoms with Gasteiger partial charge in [-0.05, 0) is 79.1 Å². The molecule has 0 bridgehead atoms. The number of hydrogen-bond acceptors (Lipinski definition) is 5. The first-order chi connectivity index (χ1) is 16.5. The zero-order chi connectivity index (χ0) is 23.5. The fourth-order valence-electron chi connectivity index (χ4n) is 4.57. The number of carbonyl (C=O) groups excluding carboxylic acids is 1. The lowest BCUT2D eigenvalue weighted by molar-refractivity contribution is 0.0805. The summed E-state index contributed by atoms with van der Waals surface area (Å²) in [5.41, 5.74) is 10.1. The van der Waals surface area contributed by atoms with E-state index in [-0.39, 0.29) is 18.0 Å². The highest BCUT2D eigenvalue weighted by atomic mass is 19.1. The smallest absolute Gasteiger partial charge is 0.404 e. The van der Waals surface area contributed by atoms with Crippen LogP contribution in [0.5, 0.6) is 0 Å². The summed E-state index contributed by atoms with van der Waals surface area (Å²) in [7, 11) is 0. The average molecular weight is 460 g/mol. The fraction of sp³-hybridized carbons (Fsp3) is 0.269. The van der Waals surface area contributed by atoms with Crippen molar-refractivity contribution < 1.29 is 13.9 Å². The van der Waals surface area contributed by atoms with E-state index in [1.165, 1.54) is 12.1 Å². The zero-order valence-electron chi connectivity index (χ0n) is 18.6. The van der Waals surface area contributed by atoms with E-state index >= 15 is 0 Å². The molecule has 0 radical (unpaired) electrons. The molecule has 1 fully saturated rings. The van der Waals surface area contributed by atoms with Crippen molar-refractivity contribution in [2.45, 2.75) is 44.2 Å². The van der Waals surface area contributed by atoms with Crippen molar-refractivity contribution in [3.63, 3.8) is 0 Å². The minimum atomic E-state index is -0.709. The highest BCUT2D eigenvalue weighted by molar-refractivity contribution is 5.85. The van der Waals surface area contributed by atoms with Crippen LogP contribution in [0, 0.1) is 5.82 Å². The SMILES string of the molecule is NC(=O)O[C@H]1CC[C@H](Nc2cc(-c3cnc4[nH]cc(Cc5ccc(F)cc5)c4c3)ccn2)CC1. The number of rotatable bonds is 6. The number of aromatic amines is 1. The first-order valence-corrected chi connectivity index (χ1v) is 11.4. The molecule has 0 atom stereocenters. The van der Waals surface area contributed by atoms with Gasteiger partial charge >= 0.3 is 6.09 Å². The van der Waals surface area contributed by atoms with Gasteiger partial charge in [-0.1, -0.05) is 12.1 Å². The van der Waals surface area contributed by atoms with Gasteiger partial charge in [0.15, 0.2) is 0 Å². The van der Waals surface area contributed by atoms with E-state index in [0.29, 0.717) is 6.42 Å². The molecule has 1 amide bonds. The number of nitrogens with two attached hydrogens (primary N) is 1. The molecule has 1 aliphatic carbocycles. The third-order valence-electron chi connectivity index (χ3n) is 6.33. The van der Waals surface area contributed by atoms with Crippen LogP contribution >= 0.6 is 0 Å². The number of hydrogen-bond donors (Lipinski definition) is 3. The van der Waals surface area contributed by atoms with Gasteiger partial charge in [0.1, 0.15) is 23.4 Å². The first kappa shape index (κ1) is 21.9. The number of amides is 1. The normalized spacial score (nSPS) is 18.0. The van der Waals surface area contributed by atoms with Crippen molar-refractivity contribution in [2.75, 3.05) is 5.32 Å². The van der Waals surface area contributed by atoms with E-state index in [0.717, 1.165) is 64.8 Å². The number of benzene rings is 1. The second kappa shape index (κ2) is 9.51. The number of ether oxygens (including phenoxy) is 1. The van der Waals surface area contributed by atoms with Crippen LogP contribution in [0.15, 0.2) is 61.1 Å². The molecule has 3 heterocycles. The molecule has 0 aliphatic heterocycles. The van der Waals surface area contributed by atoms with Gasteiger partial charge in [-0.3, -0.25) is 0 Å². The molecule has 3 aromatic heterocycles. The van der Waals surface area contributed by atoms with Crippen molar-refractivity contribution in [1.29, 1.82) is 0 Å². The number of pyridine rings is 2. The quantitative estimate of drug-likeness (QED) is 0.369. The lowest BCUT2D eigenvalue weighted by atomic mass is 9.93. The maximum absolute atomic E-state index is 13.3. The Labute approximate surface area is 196 Å². The van der Waals surface area contributed by atoms with Gasteiger partial charge in [-0.2, -0.15) is 0 Å². The molecule has 0 saturated heterocycles. The Hall–Kier alpha value is -3.94. The number of carbonyl (C=O) groups is 1. The summed E-state index contributed by atoms with van der Waals surface area (Å²) in [6, 6.07) is 13.0. The van der Waals surface area contributed by atoms with Crippen LogP contribution < -0.4 is 11.1 Å². The summed E-state index contributed by atoms with van der Waals surface area (Å²) in [6.45, 7) is 0. The summed E-state index contributed by atoms with van der Waals surface area (Å²) in [5.74, 6) is 0.568. The van der Waals surface area contributed by atoms with Crippen molar-refractivity contribution in [1.82, 2.24) is 15.0 Å². The zero-order valence-corrected chi connectivity index (χ0v) is 18.6. The molecule has 1 aromatic carbocycles. The predicted molar refractivity (Wildman–Crippen MR) is 129 cm³/mol. The van der Waals surface area contributed by atoms with Crippen LogP contribution in [-0.4, -0.2) is 33.2 Å². The van der Waals surface area contributed by atoms with Crippen molar-refractivity contribution in [3.8, 4) is 11.1 Å². The molecule has 0 spiro atoms. The number of nitrogens with zero attached hydrogens (tertiary/aromatic N) is 2. The van der Waals surface area contributed by atoms with E-state index in [9.17, 15) is 9.18 Å². The molecule has 174 valence electrons. The average Bonchev–Trinajstić information content (AvgIpc) is 3.23. The van der Waals surface area contributed by atoms with Crippen LogP contribution in [0.25, 0.3) is 22.2 Å². The molecule has 8 heteroatoms. The Kier molecular flexibility index (Phi) is 6.12. The van der Waals surface area contributed by atoms with E-state index in [2.05, 4.69) is 26.3 Å². The van der Waals surface area contributed by atoms with Crippen LogP contribution in [0.3, 0.4) is 0 Å². The molecule has 1 aliphatic rings. The van der Waals surface area contributed by atoms with Gasteiger partial charge in [0.2, 0.25) is 0 Å². The Balaban J connectivity index is 1.31. The van der Waals surface area contributed by atoms with Crippen LogP contribution in [-0.2, 0) is 11.2 Å². The molecule has 7 nitrogen and oxygen atoms in total. The van der Waals surface area contributed by atoms with Gasteiger partial charge in [-0.15, -0.1) is 0 Å². The van der Waals surface area contributed by atoms with E-state index in [1.807, 2.05) is 24.5 Å². The monoisotopic (exact) mass is 459 g/mol. The number of fused-ring (bicyclic) bond motifs is 1. The summed E-state index contributed by atoms with van der Waals surface area (Å²) >= 11 is 0. The van der Waals surface area contributed by atoms with Gasteiger partial charge in [0.25, 0.3) is 0 Å². The third-order valence-corrected chi connectivity index (χ3v) is 6.33. The number of primary amides is 1. The van der Waals surface area contributed by atoms with Crippen molar-refractivity contribution in [2.24, 2.45) is 5.73 Å². The second-order valence-corrected chi connectivity index (χ2v) is 8.72. The van der Waals surface area contributed by atoms with Crippen molar-refractivity contribution in [3.05, 3.63) is 78.0 Å². The van der Waals surface area contributed by atoms with E-state index in [1.54, 1.807) is 18.3 Å². The number of aromatic nitrogens is 3. The van der Waals surface area contributed by atoms with Crippen LogP contribution in [0.4, 0.5) is 15.0 Å². The van der Waals surface area contributed by atoms with Gasteiger partial charge in [-0.25, -0.2) is 19.2 Å². The molecule has 1 saturated carbocycles. The number of nitrogens with one attached hydrogen (secondary N) is 2. The van der Waals surface area contributed by atoms with Crippen molar-refractivity contribution >= 4 is 22.9 Å². The Bertz CT molecular complexity index is 1300. The number of H-pyrrole nitrogens is 1. The molecule has 4 N–H and O–H groups in total. The van der Waals surface area contributed by atoms with E-state index < -0.39 is 6.09 Å². The maximum Gasteiger partial charge on any atom is 0.404 e. The molecular formula is C26H26FN5O2. The lowest BCUT2D eigenvalue weighted by Crippen LogP contribution is -2.32. The molecular weight excluding hydrogens is 433 g/mol. The van der Waals surface area contributed by atoms with E-state index in [4.69, 9.17) is 10.5 Å². The minimum absolute atomic E-state index is 0.0990. The summed E-state index contributed by atoms with van der Waals surface area (Å²) < 4.78 is 18.4. The molecule has 0 unspecified atom stereocenters. The molecule has 34 heavy (non-hydrogen) atoms. The predicted octanol–water partition coefficient (Wildman–Crippen LogP) is 5.17. The fourth-order valence-corrected chi connectivity index (χ4v) is 4.57.